The van der Waals surface area contributed by atoms with E-state index in [1.54, 1.807) is 0 Å². The molecule has 3 atom stereocenters. The average Bonchev–Trinajstić information content (AvgIpc) is 2.50. The molecular formula is C23H39O4P. The first-order valence-electron chi connectivity index (χ1n) is 9.93. The van der Waals surface area contributed by atoms with Crippen molar-refractivity contribution in [1.82, 2.24) is 0 Å². The molecule has 4 nitrogen and oxygen atoms in total. The summed E-state index contributed by atoms with van der Waals surface area (Å²) in [7, 11) is 0.611. The fourth-order valence-corrected chi connectivity index (χ4v) is 3.90. The van der Waals surface area contributed by atoms with Gasteiger partial charge in [0.05, 0.1) is 15.2 Å². The highest BCUT2D eigenvalue weighted by Crippen LogP contribution is 2.31. The topological polar surface area (TPSA) is 60.4 Å². The standard InChI is InChI=1S/C23H36O3.H3OP/c1-14(2)26-22(25)19(12-16(4)13-23(7,8)9)21(24)20-17(5)10-15(3)11-18(20)6;1-2/h10-11,14,16,19H,12-13H2,1-9H3;2H3. The lowest BCUT2D eigenvalue weighted by Crippen LogP contribution is -2.31. The number of esters is 1. The van der Waals surface area contributed by atoms with Crippen LogP contribution in [0.4, 0.5) is 0 Å². The summed E-state index contributed by atoms with van der Waals surface area (Å²) in [6.45, 7) is 18.2. The summed E-state index contributed by atoms with van der Waals surface area (Å²) < 4.78 is 13.7. The molecule has 0 radical (unpaired) electrons. The first kappa shape index (κ1) is 26.6. The highest BCUT2D eigenvalue weighted by Gasteiger charge is 2.33. The van der Waals surface area contributed by atoms with Gasteiger partial charge in [0.25, 0.3) is 0 Å². The maximum atomic E-state index is 13.3. The van der Waals surface area contributed by atoms with Crippen LogP contribution in [0.15, 0.2) is 12.1 Å². The number of Topliss-reactive ketones (excluding diaryl/α,β-unsaturated/α-hetero) is 1. The smallest absolute Gasteiger partial charge is 0.317 e. The maximum Gasteiger partial charge on any atom is 0.317 e. The third kappa shape index (κ3) is 8.73. The fourth-order valence-electron chi connectivity index (χ4n) is 3.90. The lowest BCUT2D eigenvalue weighted by molar-refractivity contribution is -0.151. The zero-order valence-electron chi connectivity index (χ0n) is 19.1. The van der Waals surface area contributed by atoms with Crippen molar-refractivity contribution < 1.29 is 18.9 Å². The minimum Gasteiger partial charge on any atom is -0.462 e. The van der Waals surface area contributed by atoms with E-state index in [2.05, 4.69) is 27.7 Å². The Morgan fingerprint density at radius 2 is 1.46 bits per heavy atom. The van der Waals surface area contributed by atoms with Gasteiger partial charge < -0.3 is 9.30 Å². The van der Waals surface area contributed by atoms with Crippen LogP contribution in [0.2, 0.25) is 0 Å². The van der Waals surface area contributed by atoms with E-state index in [4.69, 9.17) is 9.30 Å². The van der Waals surface area contributed by atoms with Crippen molar-refractivity contribution in [3.63, 3.8) is 0 Å². The van der Waals surface area contributed by atoms with Gasteiger partial charge in [-0.1, -0.05) is 45.4 Å². The Kier molecular flexibility index (Phi) is 11.0. The molecule has 0 aliphatic carbocycles. The van der Waals surface area contributed by atoms with E-state index in [0.717, 1.165) is 23.1 Å². The van der Waals surface area contributed by atoms with E-state index >= 15 is 0 Å². The van der Waals surface area contributed by atoms with Gasteiger partial charge in [-0.3, -0.25) is 9.59 Å². The van der Waals surface area contributed by atoms with Crippen LogP contribution in [-0.4, -0.2) is 17.9 Å². The van der Waals surface area contributed by atoms with Gasteiger partial charge in [0.1, 0.15) is 5.92 Å². The molecule has 0 fully saturated rings. The number of aryl methyl sites for hydroxylation is 3. The second-order valence-electron chi connectivity index (χ2n) is 9.28. The van der Waals surface area contributed by atoms with Gasteiger partial charge in [-0.2, -0.15) is 0 Å². The molecule has 0 aliphatic rings. The monoisotopic (exact) mass is 410 g/mol. The van der Waals surface area contributed by atoms with E-state index in [-0.39, 0.29) is 23.2 Å². The third-order valence-electron chi connectivity index (χ3n) is 4.48. The molecule has 0 aromatic heterocycles. The summed E-state index contributed by atoms with van der Waals surface area (Å²) in [6, 6.07) is 4.01. The molecule has 1 rings (SSSR count). The molecule has 160 valence electrons. The molecule has 5 heteroatoms. The second kappa shape index (κ2) is 11.6. The van der Waals surface area contributed by atoms with Crippen molar-refractivity contribution >= 4 is 20.9 Å². The highest BCUT2D eigenvalue weighted by molar-refractivity contribution is 7.00. The Morgan fingerprint density at radius 3 is 1.86 bits per heavy atom. The van der Waals surface area contributed by atoms with E-state index in [0.29, 0.717) is 21.1 Å². The molecular weight excluding hydrogens is 371 g/mol. The van der Waals surface area contributed by atoms with Crippen LogP contribution in [0, 0.1) is 38.0 Å². The largest absolute Gasteiger partial charge is 0.462 e. The zero-order chi connectivity index (χ0) is 22.2. The summed E-state index contributed by atoms with van der Waals surface area (Å²) in [5.74, 6) is -0.985. The number of benzene rings is 1. The quantitative estimate of drug-likeness (QED) is 0.248. The molecule has 0 saturated carbocycles. The molecule has 0 bridgehead atoms. The Hall–Kier alpha value is -1.41. The molecule has 3 unspecified atom stereocenters. The normalized spacial score (nSPS) is 13.5. The second-order valence-corrected chi connectivity index (χ2v) is 9.28. The third-order valence-corrected chi connectivity index (χ3v) is 4.48. The van der Waals surface area contributed by atoms with Crippen LogP contribution in [0.5, 0.6) is 0 Å². The first-order valence-corrected chi connectivity index (χ1v) is 10.5. The van der Waals surface area contributed by atoms with E-state index in [1.165, 1.54) is 0 Å². The zero-order valence-corrected chi connectivity index (χ0v) is 20.6. The summed E-state index contributed by atoms with van der Waals surface area (Å²) >= 11 is 0. The van der Waals surface area contributed by atoms with Crippen LogP contribution in [-0.2, 0) is 14.1 Å². The first-order chi connectivity index (χ1) is 12.8. The van der Waals surface area contributed by atoms with Crippen molar-refractivity contribution in [1.29, 1.82) is 0 Å². The van der Waals surface area contributed by atoms with Gasteiger partial charge in [-0.15, -0.1) is 0 Å². The molecule has 0 N–H and O–H groups in total. The number of carbonyl (C=O) groups excluding carboxylic acids is 2. The van der Waals surface area contributed by atoms with Crippen LogP contribution < -0.4 is 0 Å². The van der Waals surface area contributed by atoms with E-state index in [1.807, 2.05) is 46.8 Å². The van der Waals surface area contributed by atoms with Crippen molar-refractivity contribution in [2.75, 3.05) is 0 Å². The summed E-state index contributed by atoms with van der Waals surface area (Å²) in [4.78, 5) is 26.0. The molecule has 28 heavy (non-hydrogen) atoms. The number of hydrogen-bond acceptors (Lipinski definition) is 4. The Bertz CT molecular complexity index is 651. The van der Waals surface area contributed by atoms with Crippen LogP contribution in [0.1, 0.15) is 81.4 Å². The minimum absolute atomic E-state index is 0.105. The van der Waals surface area contributed by atoms with Gasteiger partial charge in [-0.05, 0) is 69.9 Å². The molecule has 0 saturated heterocycles. The number of ether oxygens (including phenoxy) is 1. The van der Waals surface area contributed by atoms with Gasteiger partial charge in [0.15, 0.2) is 5.78 Å². The molecule has 0 spiro atoms. The Labute approximate surface area is 173 Å². The molecule has 1 aromatic rings. The van der Waals surface area contributed by atoms with Crippen LogP contribution in [0.3, 0.4) is 0 Å². The van der Waals surface area contributed by atoms with Crippen molar-refractivity contribution in [3.8, 4) is 0 Å². The van der Waals surface area contributed by atoms with Crippen LogP contribution in [0.25, 0.3) is 0 Å². The van der Waals surface area contributed by atoms with Crippen LogP contribution >= 0.6 is 9.12 Å². The maximum absolute atomic E-state index is 13.3. The predicted octanol–water partition coefficient (Wildman–Crippen LogP) is 5.76. The number of carbonyl (C=O) groups is 2. The summed E-state index contributed by atoms with van der Waals surface area (Å²) in [5, 5.41) is 0. The van der Waals surface area contributed by atoms with Crippen molar-refractivity contribution in [2.45, 2.75) is 81.3 Å². The van der Waals surface area contributed by atoms with Crippen molar-refractivity contribution in [2.24, 2.45) is 17.3 Å². The Morgan fingerprint density at radius 1 is 1.00 bits per heavy atom. The lowest BCUT2D eigenvalue weighted by atomic mass is 9.79. The van der Waals surface area contributed by atoms with E-state index in [9.17, 15) is 9.59 Å². The van der Waals surface area contributed by atoms with Gasteiger partial charge in [0.2, 0.25) is 0 Å². The number of rotatable bonds is 7. The van der Waals surface area contributed by atoms with Gasteiger partial charge in [-0.25, -0.2) is 0 Å². The fraction of sp³-hybridized carbons (Fsp3) is 0.652. The number of hydrogen-bond donors (Lipinski definition) is 0. The van der Waals surface area contributed by atoms with Crippen molar-refractivity contribution in [3.05, 3.63) is 34.4 Å². The lowest BCUT2D eigenvalue weighted by Gasteiger charge is -2.26. The summed E-state index contributed by atoms with van der Waals surface area (Å²) in [5.41, 5.74) is 3.81. The van der Waals surface area contributed by atoms with Gasteiger partial charge in [0, 0.05) is 5.56 Å². The SMILES string of the molecule is Cc1cc(C)c(C(=O)C(CC(C)CC(C)(C)C)C(=O)OC(C)C)c(C)c1.O=[PH3]. The summed E-state index contributed by atoms with van der Waals surface area (Å²) in [6.07, 6.45) is 1.25. The molecule has 0 aliphatic heterocycles. The Balaban J connectivity index is 0.00000352. The molecule has 1 aromatic carbocycles. The highest BCUT2D eigenvalue weighted by atomic mass is 31.0. The van der Waals surface area contributed by atoms with Gasteiger partial charge >= 0.3 is 5.97 Å². The molecule has 0 heterocycles. The predicted molar refractivity (Wildman–Crippen MR) is 119 cm³/mol. The number of ketones is 1. The average molecular weight is 411 g/mol. The molecule has 0 amide bonds. The van der Waals surface area contributed by atoms with E-state index < -0.39 is 11.9 Å². The minimum atomic E-state index is -0.741.